The van der Waals surface area contributed by atoms with Gasteiger partial charge in [0.05, 0.1) is 55.5 Å². The molecule has 0 fully saturated rings. The van der Waals surface area contributed by atoms with E-state index in [1.807, 2.05) is 61.5 Å². The Bertz CT molecular complexity index is 1400. The molecule has 0 unspecified atom stereocenters. The van der Waals surface area contributed by atoms with Crippen LogP contribution in [0.5, 0.6) is 5.75 Å². The maximum Gasteiger partial charge on any atom is 0.337 e. The number of fused-ring (bicyclic) bond motifs is 1. The van der Waals surface area contributed by atoms with Crippen LogP contribution in [0.1, 0.15) is 21.5 Å². The topological polar surface area (TPSA) is 109 Å². The SMILES string of the molecule is COC(=O)c1ccc2c(c1)NC(=O)/C2=C(\Nc1ccc(NCC(=O)CN(C)C)c(OC)c1)c1ccccc1. The lowest BCUT2D eigenvalue weighted by Crippen LogP contribution is -2.27. The van der Waals surface area contributed by atoms with E-state index in [-0.39, 0.29) is 18.2 Å². The van der Waals surface area contributed by atoms with Gasteiger partial charge in [-0.05, 0) is 43.9 Å². The van der Waals surface area contributed by atoms with Gasteiger partial charge in [0.15, 0.2) is 5.78 Å². The second-order valence-electron chi connectivity index (χ2n) is 8.99. The van der Waals surface area contributed by atoms with Crippen molar-refractivity contribution in [3.8, 4) is 5.75 Å². The summed E-state index contributed by atoms with van der Waals surface area (Å²) in [5.74, 6) is -0.177. The third-order valence-electron chi connectivity index (χ3n) is 5.94. The van der Waals surface area contributed by atoms with Crippen molar-refractivity contribution in [3.63, 3.8) is 0 Å². The molecule has 4 rings (SSSR count). The molecule has 0 aromatic heterocycles. The molecule has 0 aliphatic carbocycles. The number of ketones is 1. The van der Waals surface area contributed by atoms with Gasteiger partial charge in [0, 0.05) is 17.3 Å². The second-order valence-corrected chi connectivity index (χ2v) is 8.99. The van der Waals surface area contributed by atoms with Crippen LogP contribution in [0.25, 0.3) is 11.3 Å². The Labute approximate surface area is 221 Å². The molecule has 3 aromatic rings. The number of carbonyl (C=O) groups is 3. The molecule has 0 saturated carbocycles. The maximum atomic E-state index is 13.2. The lowest BCUT2D eigenvalue weighted by atomic mass is 9.99. The Kier molecular flexibility index (Phi) is 8.08. The Morgan fingerprint density at radius 1 is 0.947 bits per heavy atom. The minimum Gasteiger partial charge on any atom is -0.495 e. The van der Waals surface area contributed by atoms with Crippen LogP contribution in [0.15, 0.2) is 66.7 Å². The van der Waals surface area contributed by atoms with E-state index in [2.05, 4.69) is 16.0 Å². The van der Waals surface area contributed by atoms with Crippen molar-refractivity contribution in [2.24, 2.45) is 0 Å². The zero-order valence-corrected chi connectivity index (χ0v) is 21.8. The number of Topliss-reactive ketones (excluding diaryl/α,β-unsaturated/α-hetero) is 1. The third-order valence-corrected chi connectivity index (χ3v) is 5.94. The Morgan fingerprint density at radius 3 is 2.39 bits per heavy atom. The van der Waals surface area contributed by atoms with Crippen molar-refractivity contribution in [1.29, 1.82) is 0 Å². The zero-order chi connectivity index (χ0) is 27.2. The minimum atomic E-state index is -0.481. The molecular formula is C29H30N4O5. The molecule has 1 aliphatic rings. The second kappa shape index (κ2) is 11.6. The van der Waals surface area contributed by atoms with Crippen molar-refractivity contribution in [2.75, 3.05) is 57.4 Å². The number of methoxy groups -OCH3 is 2. The third kappa shape index (κ3) is 5.84. The molecule has 0 spiro atoms. The van der Waals surface area contributed by atoms with E-state index in [9.17, 15) is 14.4 Å². The minimum absolute atomic E-state index is 0.0524. The lowest BCUT2D eigenvalue weighted by Gasteiger charge is -2.17. The first-order chi connectivity index (χ1) is 18.3. The number of esters is 1. The fourth-order valence-electron chi connectivity index (χ4n) is 4.21. The molecular weight excluding hydrogens is 484 g/mol. The van der Waals surface area contributed by atoms with E-state index >= 15 is 0 Å². The van der Waals surface area contributed by atoms with E-state index in [1.165, 1.54) is 7.11 Å². The summed E-state index contributed by atoms with van der Waals surface area (Å²) < 4.78 is 10.4. The van der Waals surface area contributed by atoms with E-state index in [0.29, 0.717) is 51.8 Å². The molecule has 38 heavy (non-hydrogen) atoms. The number of rotatable bonds is 10. The van der Waals surface area contributed by atoms with Crippen LogP contribution in [0.3, 0.4) is 0 Å². The number of likely N-dealkylation sites (N-methyl/N-ethyl adjacent to an activating group) is 1. The van der Waals surface area contributed by atoms with Gasteiger partial charge < -0.3 is 30.3 Å². The summed E-state index contributed by atoms with van der Waals surface area (Å²) in [6, 6.07) is 20.0. The molecule has 1 amide bonds. The van der Waals surface area contributed by atoms with Gasteiger partial charge in [0.25, 0.3) is 5.91 Å². The molecule has 0 bridgehead atoms. The van der Waals surface area contributed by atoms with Gasteiger partial charge in [-0.2, -0.15) is 0 Å². The number of hydrogen-bond donors (Lipinski definition) is 3. The predicted molar refractivity (Wildman–Crippen MR) is 148 cm³/mol. The van der Waals surface area contributed by atoms with Gasteiger partial charge in [-0.25, -0.2) is 4.79 Å². The first-order valence-electron chi connectivity index (χ1n) is 12.0. The van der Waals surface area contributed by atoms with Crippen molar-refractivity contribution in [3.05, 3.63) is 83.4 Å². The standard InChI is InChI=1S/C29H30N4O5/c1-33(2)17-21(34)16-30-23-13-11-20(15-25(23)37-3)31-27(18-8-6-5-7-9-18)26-22-12-10-19(29(36)38-4)14-24(22)32-28(26)35/h5-15,30-31H,16-17H2,1-4H3,(H,32,35)/b27-26-. The molecule has 0 atom stereocenters. The molecule has 9 nitrogen and oxygen atoms in total. The van der Waals surface area contributed by atoms with Crippen LogP contribution in [-0.2, 0) is 14.3 Å². The number of anilines is 3. The van der Waals surface area contributed by atoms with Crippen LogP contribution < -0.4 is 20.7 Å². The van der Waals surface area contributed by atoms with E-state index in [1.54, 1.807) is 31.4 Å². The number of hydrogen-bond acceptors (Lipinski definition) is 8. The van der Waals surface area contributed by atoms with Gasteiger partial charge in [-0.1, -0.05) is 36.4 Å². The Hall–Kier alpha value is -4.63. The normalized spacial score (nSPS) is 13.4. The van der Waals surface area contributed by atoms with Gasteiger partial charge in [0.2, 0.25) is 0 Å². The van der Waals surface area contributed by atoms with Crippen LogP contribution in [0.4, 0.5) is 17.1 Å². The smallest absolute Gasteiger partial charge is 0.337 e. The summed E-state index contributed by atoms with van der Waals surface area (Å²) in [6.45, 7) is 0.513. The van der Waals surface area contributed by atoms with Crippen molar-refractivity contribution in [1.82, 2.24) is 4.90 Å². The van der Waals surface area contributed by atoms with Gasteiger partial charge >= 0.3 is 5.97 Å². The first-order valence-corrected chi connectivity index (χ1v) is 12.0. The zero-order valence-electron chi connectivity index (χ0n) is 21.8. The van der Waals surface area contributed by atoms with Gasteiger partial charge in [-0.3, -0.25) is 9.59 Å². The molecule has 0 radical (unpaired) electrons. The summed E-state index contributed by atoms with van der Waals surface area (Å²) in [5.41, 5.74) is 4.75. The number of amides is 1. The Balaban J connectivity index is 1.70. The van der Waals surface area contributed by atoms with Crippen LogP contribution in [-0.4, -0.2) is 64.0 Å². The molecule has 0 saturated heterocycles. The molecule has 196 valence electrons. The molecule has 1 heterocycles. The largest absolute Gasteiger partial charge is 0.495 e. The number of nitrogens with one attached hydrogen (secondary N) is 3. The van der Waals surface area contributed by atoms with Crippen LogP contribution in [0, 0.1) is 0 Å². The predicted octanol–water partition coefficient (Wildman–Crippen LogP) is 3.96. The van der Waals surface area contributed by atoms with Crippen LogP contribution >= 0.6 is 0 Å². The highest BCUT2D eigenvalue weighted by molar-refractivity contribution is 6.37. The lowest BCUT2D eigenvalue weighted by molar-refractivity contribution is -0.118. The molecule has 3 N–H and O–H groups in total. The van der Waals surface area contributed by atoms with E-state index in [4.69, 9.17) is 9.47 Å². The summed E-state index contributed by atoms with van der Waals surface area (Å²) in [4.78, 5) is 39.1. The number of nitrogens with zero attached hydrogens (tertiary/aromatic N) is 1. The molecule has 3 aromatic carbocycles. The summed E-state index contributed by atoms with van der Waals surface area (Å²) in [6.07, 6.45) is 0. The summed E-state index contributed by atoms with van der Waals surface area (Å²) >= 11 is 0. The Morgan fingerprint density at radius 2 is 1.71 bits per heavy atom. The number of ether oxygens (including phenoxy) is 2. The average Bonchev–Trinajstić information content (AvgIpc) is 3.24. The highest BCUT2D eigenvalue weighted by Crippen LogP contribution is 2.39. The van der Waals surface area contributed by atoms with Crippen LogP contribution in [0.2, 0.25) is 0 Å². The molecule has 9 heteroatoms. The van der Waals surface area contributed by atoms with Gasteiger partial charge in [-0.15, -0.1) is 0 Å². The first kappa shape index (κ1) is 26.4. The quantitative estimate of drug-likeness (QED) is 0.276. The van der Waals surface area contributed by atoms with Crippen molar-refractivity contribution < 1.29 is 23.9 Å². The van der Waals surface area contributed by atoms with Crippen molar-refractivity contribution >= 4 is 46.0 Å². The van der Waals surface area contributed by atoms with Gasteiger partial charge in [0.1, 0.15) is 5.75 Å². The van der Waals surface area contributed by atoms with E-state index in [0.717, 1.165) is 5.56 Å². The number of benzene rings is 3. The monoisotopic (exact) mass is 514 g/mol. The summed E-state index contributed by atoms with van der Waals surface area (Å²) in [5, 5.41) is 9.39. The molecule has 1 aliphatic heterocycles. The fourth-order valence-corrected chi connectivity index (χ4v) is 4.21. The fraction of sp³-hybridized carbons (Fsp3) is 0.207. The average molecular weight is 515 g/mol. The summed E-state index contributed by atoms with van der Waals surface area (Å²) in [7, 11) is 6.56. The van der Waals surface area contributed by atoms with Crippen molar-refractivity contribution in [2.45, 2.75) is 0 Å². The highest BCUT2D eigenvalue weighted by atomic mass is 16.5. The van der Waals surface area contributed by atoms with E-state index < -0.39 is 5.97 Å². The highest BCUT2D eigenvalue weighted by Gasteiger charge is 2.29. The number of carbonyl (C=O) groups excluding carboxylic acids is 3. The maximum absolute atomic E-state index is 13.2.